The molecule has 1 saturated heterocycles. The summed E-state index contributed by atoms with van der Waals surface area (Å²) >= 11 is 0. The molecule has 0 aromatic heterocycles. The first kappa shape index (κ1) is 11.8. The maximum atomic E-state index is 11.1. The molecule has 0 saturated carbocycles. The fraction of sp³-hybridized carbons (Fsp3) is 0.778. The molecule has 0 aromatic carbocycles. The van der Waals surface area contributed by atoms with Crippen molar-refractivity contribution in [3.8, 4) is 0 Å². The number of rotatable bonds is 4. The Morgan fingerprint density at radius 1 is 1.40 bits per heavy atom. The Balaban J connectivity index is 2.07. The summed E-state index contributed by atoms with van der Waals surface area (Å²) in [6, 6.07) is -0.414. The summed E-state index contributed by atoms with van der Waals surface area (Å²) in [5, 5.41) is 16.5. The van der Waals surface area contributed by atoms with Crippen molar-refractivity contribution < 1.29 is 14.7 Å². The average molecular weight is 215 g/mol. The largest absolute Gasteiger partial charge is 0.480 e. The minimum Gasteiger partial charge on any atom is -0.480 e. The summed E-state index contributed by atoms with van der Waals surface area (Å²) in [5.74, 6) is -0.584. The van der Waals surface area contributed by atoms with E-state index in [1.54, 1.807) is 0 Å². The number of carboxylic acid groups (broad SMARTS) is 1. The van der Waals surface area contributed by atoms with Gasteiger partial charge in [-0.25, -0.2) is 4.79 Å². The van der Waals surface area contributed by atoms with Crippen LogP contribution >= 0.6 is 0 Å². The fourth-order valence-corrected chi connectivity index (χ4v) is 1.55. The summed E-state index contributed by atoms with van der Waals surface area (Å²) < 4.78 is 0. The van der Waals surface area contributed by atoms with Crippen molar-refractivity contribution >= 4 is 12.0 Å². The van der Waals surface area contributed by atoms with Gasteiger partial charge in [0.2, 0.25) is 0 Å². The molecule has 0 aliphatic carbocycles. The van der Waals surface area contributed by atoms with Gasteiger partial charge in [0.25, 0.3) is 0 Å². The van der Waals surface area contributed by atoms with Crippen molar-refractivity contribution in [1.29, 1.82) is 0 Å². The fourth-order valence-electron chi connectivity index (χ4n) is 1.55. The summed E-state index contributed by atoms with van der Waals surface area (Å²) in [6.45, 7) is 2.22. The number of aliphatic carboxylic acids is 1. The highest BCUT2D eigenvalue weighted by molar-refractivity contribution is 5.79. The second-order valence-electron chi connectivity index (χ2n) is 3.67. The molecule has 0 bridgehead atoms. The van der Waals surface area contributed by atoms with E-state index in [4.69, 9.17) is 5.11 Å². The van der Waals surface area contributed by atoms with Gasteiger partial charge in [-0.2, -0.15) is 0 Å². The number of nitrogens with one attached hydrogen (secondary N) is 3. The topological polar surface area (TPSA) is 90.5 Å². The van der Waals surface area contributed by atoms with Gasteiger partial charge in [-0.05, 0) is 31.8 Å². The second-order valence-corrected chi connectivity index (χ2v) is 3.67. The molecule has 1 rings (SSSR count). The number of carbonyl (C=O) groups excluding carboxylic acids is 1. The third-order valence-corrected chi connectivity index (χ3v) is 2.35. The molecule has 1 fully saturated rings. The van der Waals surface area contributed by atoms with Crippen LogP contribution in [0, 0.1) is 5.92 Å². The Bertz CT molecular complexity index is 227. The molecule has 0 spiro atoms. The van der Waals surface area contributed by atoms with Crippen LogP contribution in [0.1, 0.15) is 12.8 Å². The maximum Gasteiger partial charge on any atom is 0.323 e. The highest BCUT2D eigenvalue weighted by Gasteiger charge is 2.13. The number of carboxylic acids is 1. The van der Waals surface area contributed by atoms with Crippen molar-refractivity contribution in [3.05, 3.63) is 0 Å². The monoisotopic (exact) mass is 215 g/mol. The average Bonchev–Trinajstić information content (AvgIpc) is 2.25. The van der Waals surface area contributed by atoms with E-state index in [-0.39, 0.29) is 6.54 Å². The smallest absolute Gasteiger partial charge is 0.323 e. The van der Waals surface area contributed by atoms with E-state index in [0.29, 0.717) is 12.5 Å². The Morgan fingerprint density at radius 2 is 2.20 bits per heavy atom. The normalized spacial score (nSPS) is 20.7. The van der Waals surface area contributed by atoms with Crippen molar-refractivity contribution in [1.82, 2.24) is 16.0 Å². The molecule has 15 heavy (non-hydrogen) atoms. The molecule has 1 unspecified atom stereocenters. The standard InChI is InChI=1S/C9H17N3O3/c13-8(14)6-12-9(15)11-5-7-2-1-3-10-4-7/h7,10H,1-6H2,(H,13,14)(H2,11,12,15). The number of piperidine rings is 1. The van der Waals surface area contributed by atoms with Gasteiger partial charge in [-0.3, -0.25) is 4.79 Å². The Morgan fingerprint density at radius 3 is 2.80 bits per heavy atom. The lowest BCUT2D eigenvalue weighted by Gasteiger charge is -2.22. The molecule has 6 heteroatoms. The lowest BCUT2D eigenvalue weighted by atomic mass is 10.00. The minimum absolute atomic E-state index is 0.339. The van der Waals surface area contributed by atoms with Crippen molar-refractivity contribution in [3.63, 3.8) is 0 Å². The summed E-state index contributed by atoms with van der Waals surface area (Å²) in [7, 11) is 0. The van der Waals surface area contributed by atoms with E-state index in [2.05, 4.69) is 16.0 Å². The molecule has 4 N–H and O–H groups in total. The van der Waals surface area contributed by atoms with E-state index in [0.717, 1.165) is 25.9 Å². The van der Waals surface area contributed by atoms with Crippen LogP contribution in [-0.4, -0.2) is 43.3 Å². The van der Waals surface area contributed by atoms with Crippen LogP contribution in [0.2, 0.25) is 0 Å². The van der Waals surface area contributed by atoms with E-state index in [9.17, 15) is 9.59 Å². The van der Waals surface area contributed by atoms with Gasteiger partial charge >= 0.3 is 12.0 Å². The zero-order chi connectivity index (χ0) is 11.1. The van der Waals surface area contributed by atoms with Crippen LogP contribution in [0.25, 0.3) is 0 Å². The number of hydrogen-bond acceptors (Lipinski definition) is 3. The molecule has 1 atom stereocenters. The van der Waals surface area contributed by atoms with Crippen LogP contribution in [0.3, 0.4) is 0 Å². The van der Waals surface area contributed by atoms with E-state index >= 15 is 0 Å². The predicted molar refractivity (Wildman–Crippen MR) is 54.6 cm³/mol. The zero-order valence-electron chi connectivity index (χ0n) is 8.58. The zero-order valence-corrected chi connectivity index (χ0v) is 8.58. The van der Waals surface area contributed by atoms with Gasteiger partial charge in [0.15, 0.2) is 0 Å². The van der Waals surface area contributed by atoms with Gasteiger partial charge in [0.05, 0.1) is 0 Å². The first-order valence-corrected chi connectivity index (χ1v) is 5.12. The molecule has 6 nitrogen and oxygen atoms in total. The van der Waals surface area contributed by atoms with Gasteiger partial charge in [0, 0.05) is 6.54 Å². The minimum atomic E-state index is -1.04. The van der Waals surface area contributed by atoms with Crippen LogP contribution in [0.4, 0.5) is 4.79 Å². The number of amides is 2. The van der Waals surface area contributed by atoms with Gasteiger partial charge in [-0.1, -0.05) is 0 Å². The first-order valence-electron chi connectivity index (χ1n) is 5.12. The predicted octanol–water partition coefficient (Wildman–Crippen LogP) is -0.630. The Hall–Kier alpha value is -1.30. The number of carbonyl (C=O) groups is 2. The van der Waals surface area contributed by atoms with Gasteiger partial charge in [0.1, 0.15) is 6.54 Å². The highest BCUT2D eigenvalue weighted by atomic mass is 16.4. The molecule has 0 radical (unpaired) electrons. The van der Waals surface area contributed by atoms with Crippen LogP contribution < -0.4 is 16.0 Å². The quantitative estimate of drug-likeness (QED) is 0.502. The molecule has 1 aliphatic heterocycles. The maximum absolute atomic E-state index is 11.1. The van der Waals surface area contributed by atoms with Gasteiger partial charge < -0.3 is 21.1 Å². The molecule has 0 aromatic rings. The van der Waals surface area contributed by atoms with Crippen molar-refractivity contribution in [2.75, 3.05) is 26.2 Å². The summed E-state index contributed by atoms with van der Waals surface area (Å²) in [5.41, 5.74) is 0. The molecule has 1 aliphatic rings. The second kappa shape index (κ2) is 6.23. The van der Waals surface area contributed by atoms with Crippen molar-refractivity contribution in [2.45, 2.75) is 12.8 Å². The number of urea groups is 1. The number of hydrogen-bond donors (Lipinski definition) is 4. The summed E-state index contributed by atoms with van der Waals surface area (Å²) in [6.07, 6.45) is 2.23. The molecule has 1 heterocycles. The summed E-state index contributed by atoms with van der Waals surface area (Å²) in [4.78, 5) is 21.2. The molecular weight excluding hydrogens is 198 g/mol. The molecular formula is C9H17N3O3. The molecule has 2 amide bonds. The first-order chi connectivity index (χ1) is 7.18. The Labute approximate surface area is 88.4 Å². The van der Waals surface area contributed by atoms with Crippen LogP contribution in [-0.2, 0) is 4.79 Å². The Kier molecular flexibility index (Phi) is 4.89. The third kappa shape index (κ3) is 5.21. The van der Waals surface area contributed by atoms with E-state index in [1.807, 2.05) is 0 Å². The highest BCUT2D eigenvalue weighted by Crippen LogP contribution is 2.07. The van der Waals surface area contributed by atoms with E-state index < -0.39 is 12.0 Å². The lowest BCUT2D eigenvalue weighted by molar-refractivity contribution is -0.135. The van der Waals surface area contributed by atoms with E-state index in [1.165, 1.54) is 0 Å². The third-order valence-electron chi connectivity index (χ3n) is 2.35. The molecule has 86 valence electrons. The SMILES string of the molecule is O=C(O)CNC(=O)NCC1CCCNC1. The van der Waals surface area contributed by atoms with Crippen LogP contribution in [0.15, 0.2) is 0 Å². The lowest BCUT2D eigenvalue weighted by Crippen LogP contribution is -2.43. The van der Waals surface area contributed by atoms with Crippen molar-refractivity contribution in [2.24, 2.45) is 5.92 Å². The van der Waals surface area contributed by atoms with Crippen LogP contribution in [0.5, 0.6) is 0 Å². The van der Waals surface area contributed by atoms with Gasteiger partial charge in [-0.15, -0.1) is 0 Å².